The quantitative estimate of drug-likeness (QED) is 0.619. The van der Waals surface area contributed by atoms with E-state index in [1.807, 2.05) is 0 Å². The maximum atomic E-state index is 10.8. The summed E-state index contributed by atoms with van der Waals surface area (Å²) in [6, 6.07) is 0. The molecule has 1 N–H and O–H groups in total. The molecule has 0 spiro atoms. The molecule has 0 unspecified atom stereocenters. The number of carbonyl (C=O) groups is 1. The topological polar surface area (TPSA) is 55.8 Å². The molecule has 0 aromatic rings. The molecule has 16 heavy (non-hydrogen) atoms. The molecule has 4 nitrogen and oxygen atoms in total. The Morgan fingerprint density at radius 1 is 1.19 bits per heavy atom. The predicted octanol–water partition coefficient (Wildman–Crippen LogP) is 2.18. The molecule has 0 rings (SSSR count). The Bertz CT molecular complexity index is 199. The molecule has 0 aliphatic carbocycles. The Kier molecular flexibility index (Phi) is 7.34. The lowest BCUT2D eigenvalue weighted by atomic mass is 9.90. The van der Waals surface area contributed by atoms with Crippen molar-refractivity contribution in [2.45, 2.75) is 34.1 Å². The standard InChI is InChI=1S/C12H24O4/c1-10(2)9-16-8-7-15-6-5-12(3,4)11(13)14/h10H,5-9H2,1-4H3,(H,13,14). The van der Waals surface area contributed by atoms with Crippen LogP contribution in [0.1, 0.15) is 34.1 Å². The van der Waals surface area contributed by atoms with Crippen LogP contribution in [0, 0.1) is 11.3 Å². The normalized spacial score (nSPS) is 12.1. The number of carboxylic acid groups (broad SMARTS) is 1. The van der Waals surface area contributed by atoms with E-state index >= 15 is 0 Å². The summed E-state index contributed by atoms with van der Waals surface area (Å²) in [7, 11) is 0. The third kappa shape index (κ3) is 7.65. The fourth-order valence-corrected chi connectivity index (χ4v) is 0.973. The van der Waals surface area contributed by atoms with Gasteiger partial charge in [0, 0.05) is 13.2 Å². The van der Waals surface area contributed by atoms with E-state index in [0.29, 0.717) is 32.2 Å². The summed E-state index contributed by atoms with van der Waals surface area (Å²) >= 11 is 0. The van der Waals surface area contributed by atoms with Gasteiger partial charge in [-0.05, 0) is 26.2 Å². The van der Waals surface area contributed by atoms with Crippen LogP contribution in [0.2, 0.25) is 0 Å². The number of aliphatic carboxylic acids is 1. The van der Waals surface area contributed by atoms with Crippen molar-refractivity contribution in [1.29, 1.82) is 0 Å². The molecule has 96 valence electrons. The van der Waals surface area contributed by atoms with Gasteiger partial charge < -0.3 is 14.6 Å². The molecule has 0 aliphatic rings. The first kappa shape index (κ1) is 15.4. The van der Waals surface area contributed by atoms with Crippen molar-refractivity contribution in [2.75, 3.05) is 26.4 Å². The predicted molar refractivity (Wildman–Crippen MR) is 62.5 cm³/mol. The van der Waals surface area contributed by atoms with Crippen molar-refractivity contribution in [3.05, 3.63) is 0 Å². The van der Waals surface area contributed by atoms with Crippen LogP contribution in [0.3, 0.4) is 0 Å². The highest BCUT2D eigenvalue weighted by Gasteiger charge is 2.26. The summed E-state index contributed by atoms with van der Waals surface area (Å²) in [5.41, 5.74) is -0.710. The molecule has 0 saturated heterocycles. The van der Waals surface area contributed by atoms with Gasteiger partial charge in [0.15, 0.2) is 0 Å². The average Bonchev–Trinajstić information content (AvgIpc) is 2.15. The molecule has 0 bridgehead atoms. The minimum Gasteiger partial charge on any atom is -0.481 e. The fourth-order valence-electron chi connectivity index (χ4n) is 0.973. The molecule has 0 aromatic heterocycles. The molecule has 0 saturated carbocycles. The zero-order valence-corrected chi connectivity index (χ0v) is 10.8. The molecule has 0 radical (unpaired) electrons. The van der Waals surface area contributed by atoms with Crippen LogP contribution >= 0.6 is 0 Å². The zero-order chi connectivity index (χ0) is 12.6. The van der Waals surface area contributed by atoms with E-state index in [-0.39, 0.29) is 0 Å². The van der Waals surface area contributed by atoms with E-state index in [1.165, 1.54) is 0 Å². The molecular formula is C12H24O4. The second-order valence-corrected chi connectivity index (χ2v) is 5.02. The maximum Gasteiger partial charge on any atom is 0.309 e. The van der Waals surface area contributed by atoms with Gasteiger partial charge in [-0.1, -0.05) is 13.8 Å². The molecule has 4 heteroatoms. The van der Waals surface area contributed by atoms with E-state index in [0.717, 1.165) is 6.61 Å². The number of carboxylic acids is 1. The van der Waals surface area contributed by atoms with Gasteiger partial charge >= 0.3 is 5.97 Å². The molecule has 0 aliphatic heterocycles. The molecule has 0 heterocycles. The van der Waals surface area contributed by atoms with Gasteiger partial charge in [-0.3, -0.25) is 4.79 Å². The van der Waals surface area contributed by atoms with Gasteiger partial charge in [0.2, 0.25) is 0 Å². The largest absolute Gasteiger partial charge is 0.481 e. The van der Waals surface area contributed by atoms with Crippen LogP contribution in [0.5, 0.6) is 0 Å². The van der Waals surface area contributed by atoms with Gasteiger partial charge in [-0.25, -0.2) is 0 Å². The van der Waals surface area contributed by atoms with Crippen molar-refractivity contribution < 1.29 is 19.4 Å². The van der Waals surface area contributed by atoms with Crippen LogP contribution in [-0.4, -0.2) is 37.5 Å². The lowest BCUT2D eigenvalue weighted by molar-refractivity contribution is -0.148. The molecule has 0 atom stereocenters. The van der Waals surface area contributed by atoms with Crippen LogP contribution in [0.15, 0.2) is 0 Å². The minimum absolute atomic E-state index is 0.463. The third-order valence-electron chi connectivity index (χ3n) is 2.27. The Labute approximate surface area is 97.9 Å². The van der Waals surface area contributed by atoms with E-state index in [4.69, 9.17) is 14.6 Å². The summed E-state index contributed by atoms with van der Waals surface area (Å²) in [4.78, 5) is 10.8. The van der Waals surface area contributed by atoms with Gasteiger partial charge in [0.1, 0.15) is 0 Å². The van der Waals surface area contributed by atoms with Crippen LogP contribution in [0.25, 0.3) is 0 Å². The van der Waals surface area contributed by atoms with E-state index in [2.05, 4.69) is 13.8 Å². The Morgan fingerprint density at radius 3 is 2.25 bits per heavy atom. The van der Waals surface area contributed by atoms with Gasteiger partial charge in [-0.15, -0.1) is 0 Å². The highest BCUT2D eigenvalue weighted by atomic mass is 16.5. The van der Waals surface area contributed by atoms with E-state index in [9.17, 15) is 4.79 Å². The van der Waals surface area contributed by atoms with Gasteiger partial charge in [-0.2, -0.15) is 0 Å². The average molecular weight is 232 g/mol. The van der Waals surface area contributed by atoms with Crippen molar-refractivity contribution in [2.24, 2.45) is 11.3 Å². The van der Waals surface area contributed by atoms with Crippen molar-refractivity contribution in [3.63, 3.8) is 0 Å². The third-order valence-corrected chi connectivity index (χ3v) is 2.27. The lowest BCUT2D eigenvalue weighted by Crippen LogP contribution is -2.25. The van der Waals surface area contributed by atoms with Gasteiger partial charge in [0.05, 0.1) is 18.6 Å². The summed E-state index contributed by atoms with van der Waals surface area (Å²) in [6.45, 7) is 9.90. The monoisotopic (exact) mass is 232 g/mol. The minimum atomic E-state index is -0.785. The van der Waals surface area contributed by atoms with Crippen LogP contribution < -0.4 is 0 Å². The second-order valence-electron chi connectivity index (χ2n) is 5.02. The molecule has 0 aromatic carbocycles. The fraction of sp³-hybridized carbons (Fsp3) is 0.917. The maximum absolute atomic E-state index is 10.8. The molecule has 0 fully saturated rings. The van der Waals surface area contributed by atoms with Crippen LogP contribution in [-0.2, 0) is 14.3 Å². The Balaban J connectivity index is 3.37. The summed E-state index contributed by atoms with van der Waals surface area (Å²) in [6.07, 6.45) is 0.520. The van der Waals surface area contributed by atoms with Gasteiger partial charge in [0.25, 0.3) is 0 Å². The first-order chi connectivity index (χ1) is 7.36. The molecule has 0 amide bonds. The van der Waals surface area contributed by atoms with Crippen molar-refractivity contribution >= 4 is 5.97 Å². The van der Waals surface area contributed by atoms with E-state index < -0.39 is 11.4 Å². The second kappa shape index (κ2) is 7.63. The first-order valence-corrected chi connectivity index (χ1v) is 5.75. The lowest BCUT2D eigenvalue weighted by Gasteiger charge is -2.18. The number of rotatable bonds is 9. The smallest absolute Gasteiger partial charge is 0.309 e. The van der Waals surface area contributed by atoms with Crippen LogP contribution in [0.4, 0.5) is 0 Å². The SMILES string of the molecule is CC(C)COCCOCCC(C)(C)C(=O)O. The number of hydrogen-bond acceptors (Lipinski definition) is 3. The summed E-state index contributed by atoms with van der Waals surface area (Å²) < 4.78 is 10.6. The highest BCUT2D eigenvalue weighted by molar-refractivity contribution is 5.73. The highest BCUT2D eigenvalue weighted by Crippen LogP contribution is 2.19. The zero-order valence-electron chi connectivity index (χ0n) is 10.8. The number of hydrogen-bond donors (Lipinski definition) is 1. The van der Waals surface area contributed by atoms with Crippen molar-refractivity contribution in [3.8, 4) is 0 Å². The number of ether oxygens (including phenoxy) is 2. The summed E-state index contributed by atoms with van der Waals surface area (Å²) in [5.74, 6) is -0.252. The summed E-state index contributed by atoms with van der Waals surface area (Å²) in [5, 5.41) is 8.86. The van der Waals surface area contributed by atoms with E-state index in [1.54, 1.807) is 13.8 Å². The Morgan fingerprint density at radius 2 is 1.75 bits per heavy atom. The first-order valence-electron chi connectivity index (χ1n) is 5.75. The Hall–Kier alpha value is -0.610. The molecular weight excluding hydrogens is 208 g/mol. The van der Waals surface area contributed by atoms with Crippen molar-refractivity contribution in [1.82, 2.24) is 0 Å².